The standard InChI is InChI=1S/C14H27N/c1-12(11-15-14-9-10-14)7-8-13-5-3-2-4-6-13/h12-15H,2-11H2,1H3. The van der Waals surface area contributed by atoms with Crippen LogP contribution in [0.1, 0.15) is 64.7 Å². The van der Waals surface area contributed by atoms with Crippen LogP contribution in [0, 0.1) is 11.8 Å². The summed E-state index contributed by atoms with van der Waals surface area (Å²) < 4.78 is 0. The molecule has 0 bridgehead atoms. The lowest BCUT2D eigenvalue weighted by molar-refractivity contribution is 0.309. The summed E-state index contributed by atoms with van der Waals surface area (Å²) in [5.74, 6) is 1.97. The Hall–Kier alpha value is -0.0400. The minimum absolute atomic E-state index is 0.891. The van der Waals surface area contributed by atoms with Crippen molar-refractivity contribution < 1.29 is 0 Å². The maximum absolute atomic E-state index is 3.64. The van der Waals surface area contributed by atoms with Gasteiger partial charge in [-0.15, -0.1) is 0 Å². The van der Waals surface area contributed by atoms with Gasteiger partial charge in [-0.25, -0.2) is 0 Å². The van der Waals surface area contributed by atoms with Crippen molar-refractivity contribution >= 4 is 0 Å². The van der Waals surface area contributed by atoms with Crippen molar-refractivity contribution in [2.75, 3.05) is 6.54 Å². The van der Waals surface area contributed by atoms with Gasteiger partial charge in [-0.1, -0.05) is 45.4 Å². The molecule has 1 N–H and O–H groups in total. The Morgan fingerprint density at radius 2 is 1.80 bits per heavy atom. The van der Waals surface area contributed by atoms with Crippen LogP contribution < -0.4 is 5.32 Å². The van der Waals surface area contributed by atoms with Crippen molar-refractivity contribution in [2.24, 2.45) is 11.8 Å². The molecule has 2 saturated carbocycles. The highest BCUT2D eigenvalue weighted by Gasteiger charge is 2.21. The summed E-state index contributed by atoms with van der Waals surface area (Å²) in [4.78, 5) is 0. The highest BCUT2D eigenvalue weighted by molar-refractivity contribution is 4.81. The summed E-state index contributed by atoms with van der Waals surface area (Å²) >= 11 is 0. The third-order valence-corrected chi connectivity index (χ3v) is 4.12. The van der Waals surface area contributed by atoms with Crippen LogP contribution in [0.25, 0.3) is 0 Å². The van der Waals surface area contributed by atoms with E-state index in [1.54, 1.807) is 0 Å². The van der Waals surface area contributed by atoms with E-state index in [1.165, 1.54) is 64.3 Å². The van der Waals surface area contributed by atoms with E-state index < -0.39 is 0 Å². The smallest absolute Gasteiger partial charge is 0.00683 e. The zero-order valence-electron chi connectivity index (χ0n) is 10.3. The molecule has 0 amide bonds. The SMILES string of the molecule is CC(CCC1CCCCC1)CNC1CC1. The molecule has 1 nitrogen and oxygen atoms in total. The first-order chi connectivity index (χ1) is 7.34. The van der Waals surface area contributed by atoms with Crippen molar-refractivity contribution in [2.45, 2.75) is 70.8 Å². The van der Waals surface area contributed by atoms with Gasteiger partial charge in [0.1, 0.15) is 0 Å². The molecule has 0 radical (unpaired) electrons. The van der Waals surface area contributed by atoms with Crippen LogP contribution in [0.3, 0.4) is 0 Å². The van der Waals surface area contributed by atoms with E-state index in [2.05, 4.69) is 12.2 Å². The third kappa shape index (κ3) is 4.55. The number of hydrogen-bond acceptors (Lipinski definition) is 1. The molecular formula is C14H27N. The van der Waals surface area contributed by atoms with Crippen molar-refractivity contribution in [3.05, 3.63) is 0 Å². The van der Waals surface area contributed by atoms with Gasteiger partial charge in [-0.2, -0.15) is 0 Å². The van der Waals surface area contributed by atoms with Gasteiger partial charge >= 0.3 is 0 Å². The lowest BCUT2D eigenvalue weighted by atomic mass is 9.84. The fraction of sp³-hybridized carbons (Fsp3) is 1.00. The minimum atomic E-state index is 0.891. The molecule has 15 heavy (non-hydrogen) atoms. The maximum atomic E-state index is 3.64. The van der Waals surface area contributed by atoms with Crippen LogP contribution in [-0.4, -0.2) is 12.6 Å². The topological polar surface area (TPSA) is 12.0 Å². The predicted octanol–water partition coefficient (Wildman–Crippen LogP) is 3.74. The Bertz CT molecular complexity index is 168. The molecule has 2 aliphatic carbocycles. The summed E-state index contributed by atoms with van der Waals surface area (Å²) in [7, 11) is 0. The van der Waals surface area contributed by atoms with Gasteiger partial charge in [0, 0.05) is 6.04 Å². The zero-order valence-corrected chi connectivity index (χ0v) is 10.3. The molecule has 2 rings (SSSR count). The number of nitrogens with one attached hydrogen (secondary N) is 1. The van der Waals surface area contributed by atoms with E-state index in [4.69, 9.17) is 0 Å². The van der Waals surface area contributed by atoms with E-state index in [-0.39, 0.29) is 0 Å². The summed E-state index contributed by atoms with van der Waals surface area (Å²) in [6, 6.07) is 0.891. The van der Waals surface area contributed by atoms with Crippen molar-refractivity contribution in [3.63, 3.8) is 0 Å². The predicted molar refractivity (Wildman–Crippen MR) is 66.0 cm³/mol. The molecule has 0 aromatic heterocycles. The summed E-state index contributed by atoms with van der Waals surface area (Å²) in [5.41, 5.74) is 0. The van der Waals surface area contributed by atoms with Crippen molar-refractivity contribution in [3.8, 4) is 0 Å². The normalized spacial score (nSPS) is 25.4. The molecule has 0 aliphatic heterocycles. The first-order valence-corrected chi connectivity index (χ1v) is 7.08. The number of rotatable bonds is 6. The quantitative estimate of drug-likeness (QED) is 0.703. The molecule has 88 valence electrons. The van der Waals surface area contributed by atoms with Crippen LogP contribution in [0.2, 0.25) is 0 Å². The second-order valence-corrected chi connectivity index (χ2v) is 5.87. The van der Waals surface area contributed by atoms with Gasteiger partial charge in [-0.3, -0.25) is 0 Å². The Kier molecular flexibility index (Phi) is 4.49. The van der Waals surface area contributed by atoms with E-state index in [0.29, 0.717) is 0 Å². The molecule has 0 saturated heterocycles. The largest absolute Gasteiger partial charge is 0.314 e. The van der Waals surface area contributed by atoms with Gasteiger partial charge in [0.15, 0.2) is 0 Å². The first-order valence-electron chi connectivity index (χ1n) is 7.08. The summed E-state index contributed by atoms with van der Waals surface area (Å²) in [5, 5.41) is 3.64. The first kappa shape index (κ1) is 11.4. The van der Waals surface area contributed by atoms with E-state index in [1.807, 2.05) is 0 Å². The molecule has 1 unspecified atom stereocenters. The van der Waals surface area contributed by atoms with Crippen molar-refractivity contribution in [1.82, 2.24) is 5.32 Å². The second-order valence-electron chi connectivity index (χ2n) is 5.87. The summed E-state index contributed by atoms with van der Waals surface area (Å²) in [6.07, 6.45) is 13.3. The van der Waals surface area contributed by atoms with Gasteiger partial charge in [0.25, 0.3) is 0 Å². The van der Waals surface area contributed by atoms with Gasteiger partial charge in [-0.05, 0) is 37.6 Å². The van der Waals surface area contributed by atoms with Crippen LogP contribution in [-0.2, 0) is 0 Å². The van der Waals surface area contributed by atoms with Crippen LogP contribution in [0.5, 0.6) is 0 Å². The Balaban J connectivity index is 1.50. The molecular weight excluding hydrogens is 182 g/mol. The highest BCUT2D eigenvalue weighted by Crippen LogP contribution is 2.28. The van der Waals surface area contributed by atoms with Crippen LogP contribution in [0.4, 0.5) is 0 Å². The third-order valence-electron chi connectivity index (χ3n) is 4.12. The van der Waals surface area contributed by atoms with Gasteiger partial charge in [0.2, 0.25) is 0 Å². The molecule has 2 aliphatic rings. The van der Waals surface area contributed by atoms with Gasteiger partial charge < -0.3 is 5.32 Å². The second kappa shape index (κ2) is 5.89. The Labute approximate surface area is 95.0 Å². The van der Waals surface area contributed by atoms with Crippen molar-refractivity contribution in [1.29, 1.82) is 0 Å². The van der Waals surface area contributed by atoms with E-state index >= 15 is 0 Å². The average molecular weight is 209 g/mol. The molecule has 1 atom stereocenters. The highest BCUT2D eigenvalue weighted by atomic mass is 14.9. The molecule has 0 heterocycles. The molecule has 0 aromatic carbocycles. The molecule has 1 heteroatoms. The molecule has 0 aromatic rings. The molecule has 0 spiro atoms. The maximum Gasteiger partial charge on any atom is 0.00683 e. The molecule has 2 fully saturated rings. The van der Waals surface area contributed by atoms with E-state index in [0.717, 1.165) is 17.9 Å². The Morgan fingerprint density at radius 1 is 1.07 bits per heavy atom. The summed E-state index contributed by atoms with van der Waals surface area (Å²) in [6.45, 7) is 3.68. The van der Waals surface area contributed by atoms with E-state index in [9.17, 15) is 0 Å². The van der Waals surface area contributed by atoms with Gasteiger partial charge in [0.05, 0.1) is 0 Å². The zero-order chi connectivity index (χ0) is 10.5. The van der Waals surface area contributed by atoms with Crippen LogP contribution in [0.15, 0.2) is 0 Å². The number of hydrogen-bond donors (Lipinski definition) is 1. The average Bonchev–Trinajstić information content (AvgIpc) is 3.09. The fourth-order valence-corrected chi connectivity index (χ4v) is 2.75. The minimum Gasteiger partial charge on any atom is -0.314 e. The van der Waals surface area contributed by atoms with Crippen LogP contribution >= 0.6 is 0 Å². The lowest BCUT2D eigenvalue weighted by Crippen LogP contribution is -2.23. The monoisotopic (exact) mass is 209 g/mol. The Morgan fingerprint density at radius 3 is 2.47 bits per heavy atom. The fourth-order valence-electron chi connectivity index (χ4n) is 2.75. The lowest BCUT2D eigenvalue weighted by Gasteiger charge is -2.23.